The number of nitrogens with zero attached hydrogens (tertiary/aromatic N) is 4. The van der Waals surface area contributed by atoms with Crippen molar-refractivity contribution in [2.75, 3.05) is 11.9 Å². The summed E-state index contributed by atoms with van der Waals surface area (Å²) in [4.78, 5) is 10.1. The Morgan fingerprint density at radius 3 is 2.74 bits per heavy atom. The number of aromatic nitrogens is 2. The number of hydrogen-bond acceptors (Lipinski definition) is 4. The third-order valence-electron chi connectivity index (χ3n) is 2.93. The molecule has 2 rings (SSSR count). The minimum atomic E-state index is 0.453. The molecule has 0 unspecified atom stereocenters. The highest BCUT2D eigenvalue weighted by Gasteiger charge is 2.15. The molecule has 96 valence electrons. The smallest absolute Gasteiger partial charge is 0.140 e. The van der Waals surface area contributed by atoms with Crippen molar-refractivity contribution < 1.29 is 0 Å². The van der Waals surface area contributed by atoms with Crippen LogP contribution in [0.1, 0.15) is 18.1 Å². The molecule has 2 aromatic rings. The molecule has 1 heterocycles. The van der Waals surface area contributed by atoms with Crippen LogP contribution >= 0.6 is 11.6 Å². The summed E-state index contributed by atoms with van der Waals surface area (Å²) in [6.07, 6.45) is 2.16. The quantitative estimate of drug-likeness (QED) is 0.804. The summed E-state index contributed by atoms with van der Waals surface area (Å²) in [5, 5.41) is 9.61. The van der Waals surface area contributed by atoms with E-state index < -0.39 is 0 Å². The molecule has 0 amide bonds. The summed E-state index contributed by atoms with van der Waals surface area (Å²) in [5.41, 5.74) is 2.27. The fourth-order valence-electron chi connectivity index (χ4n) is 1.95. The number of rotatable bonds is 3. The Bertz CT molecular complexity index is 634. The number of halogens is 1. The van der Waals surface area contributed by atoms with Crippen molar-refractivity contribution >= 4 is 23.1 Å². The monoisotopic (exact) mass is 272 g/mol. The molecular formula is C14H13ClN4. The second kappa shape index (κ2) is 5.68. The highest BCUT2D eigenvalue weighted by molar-refractivity contribution is 6.30. The molecule has 0 fully saturated rings. The molecule has 0 saturated heterocycles. The zero-order chi connectivity index (χ0) is 13.8. The van der Waals surface area contributed by atoms with Gasteiger partial charge in [-0.3, -0.25) is 0 Å². The van der Waals surface area contributed by atoms with E-state index in [2.05, 4.69) is 16.0 Å². The van der Waals surface area contributed by atoms with Crippen LogP contribution in [-0.4, -0.2) is 17.0 Å². The van der Waals surface area contributed by atoms with Crippen LogP contribution in [0.4, 0.5) is 11.5 Å². The average Bonchev–Trinajstić information content (AvgIpc) is 2.46. The Morgan fingerprint density at radius 2 is 2.05 bits per heavy atom. The predicted molar refractivity (Wildman–Crippen MR) is 75.6 cm³/mol. The van der Waals surface area contributed by atoms with Gasteiger partial charge in [-0.25, -0.2) is 9.97 Å². The van der Waals surface area contributed by atoms with Gasteiger partial charge in [0.15, 0.2) is 0 Å². The Hall–Kier alpha value is -2.12. The normalized spacial score (nSPS) is 10.0. The number of nitriles is 1. The molecule has 0 bridgehead atoms. The van der Waals surface area contributed by atoms with Crippen LogP contribution in [0.15, 0.2) is 30.6 Å². The van der Waals surface area contributed by atoms with E-state index in [1.165, 1.54) is 6.33 Å². The lowest BCUT2D eigenvalue weighted by Crippen LogP contribution is -2.15. The summed E-state index contributed by atoms with van der Waals surface area (Å²) in [6.45, 7) is 2.00. The van der Waals surface area contributed by atoms with Gasteiger partial charge in [-0.2, -0.15) is 5.26 Å². The molecule has 0 aliphatic heterocycles. The van der Waals surface area contributed by atoms with Gasteiger partial charge < -0.3 is 4.90 Å². The van der Waals surface area contributed by atoms with Crippen molar-refractivity contribution in [2.45, 2.75) is 13.3 Å². The Balaban J connectivity index is 2.54. The van der Waals surface area contributed by atoms with Gasteiger partial charge >= 0.3 is 0 Å². The van der Waals surface area contributed by atoms with E-state index in [1.54, 1.807) is 6.07 Å². The van der Waals surface area contributed by atoms with Crippen LogP contribution in [-0.2, 0) is 6.42 Å². The fraction of sp³-hybridized carbons (Fsp3) is 0.214. The minimum absolute atomic E-state index is 0.453. The fourth-order valence-corrected chi connectivity index (χ4v) is 2.21. The van der Waals surface area contributed by atoms with Crippen molar-refractivity contribution in [3.63, 3.8) is 0 Å². The minimum Gasteiger partial charge on any atom is -0.328 e. The van der Waals surface area contributed by atoms with Crippen molar-refractivity contribution in [2.24, 2.45) is 0 Å². The number of hydrogen-bond donors (Lipinski definition) is 0. The van der Waals surface area contributed by atoms with Crippen LogP contribution in [0.2, 0.25) is 5.15 Å². The highest BCUT2D eigenvalue weighted by atomic mass is 35.5. The Labute approximate surface area is 117 Å². The van der Waals surface area contributed by atoms with Crippen molar-refractivity contribution in [1.29, 1.82) is 5.26 Å². The maximum absolute atomic E-state index is 9.16. The predicted octanol–water partition coefficient (Wildman–Crippen LogP) is 3.33. The number of para-hydroxylation sites is 1. The molecule has 0 spiro atoms. The van der Waals surface area contributed by atoms with Crippen LogP contribution in [0, 0.1) is 11.3 Å². The molecule has 19 heavy (non-hydrogen) atoms. The van der Waals surface area contributed by atoms with Crippen LogP contribution in [0.3, 0.4) is 0 Å². The lowest BCUT2D eigenvalue weighted by molar-refractivity contribution is 0.999. The molecule has 0 aliphatic rings. The van der Waals surface area contributed by atoms with Crippen LogP contribution in [0.5, 0.6) is 0 Å². The van der Waals surface area contributed by atoms with Gasteiger partial charge in [0.25, 0.3) is 0 Å². The molecule has 0 N–H and O–H groups in total. The van der Waals surface area contributed by atoms with Crippen LogP contribution in [0.25, 0.3) is 0 Å². The molecular weight excluding hydrogens is 260 g/mol. The van der Waals surface area contributed by atoms with Crippen molar-refractivity contribution in [1.82, 2.24) is 9.97 Å². The van der Waals surface area contributed by atoms with E-state index >= 15 is 0 Å². The van der Waals surface area contributed by atoms with Gasteiger partial charge in [0.2, 0.25) is 0 Å². The topological polar surface area (TPSA) is 52.8 Å². The molecule has 0 atom stereocenters. The van der Waals surface area contributed by atoms with Gasteiger partial charge in [0.05, 0.1) is 11.3 Å². The van der Waals surface area contributed by atoms with Crippen molar-refractivity contribution in [3.8, 4) is 6.07 Å². The second-order valence-electron chi connectivity index (χ2n) is 4.01. The molecule has 5 heteroatoms. The number of benzene rings is 1. The molecule has 0 saturated carbocycles. The molecule has 1 aromatic carbocycles. The lowest BCUT2D eigenvalue weighted by atomic mass is 10.1. The van der Waals surface area contributed by atoms with Gasteiger partial charge in [0, 0.05) is 12.6 Å². The van der Waals surface area contributed by atoms with Crippen LogP contribution < -0.4 is 4.90 Å². The number of anilines is 2. The standard InChI is InChI=1S/C14H13ClN4/c1-3-11-13(15)17-9-18-14(11)19(2)12-7-5-4-6-10(12)8-16/h4-7,9H,3H2,1-2H3. The second-order valence-corrected chi connectivity index (χ2v) is 4.37. The molecule has 4 nitrogen and oxygen atoms in total. The van der Waals surface area contributed by atoms with Gasteiger partial charge in [-0.05, 0) is 18.6 Å². The van der Waals surface area contributed by atoms with E-state index in [0.29, 0.717) is 10.7 Å². The maximum Gasteiger partial charge on any atom is 0.140 e. The summed E-state index contributed by atoms with van der Waals surface area (Å²) >= 11 is 6.09. The average molecular weight is 273 g/mol. The van der Waals surface area contributed by atoms with Gasteiger partial charge in [0.1, 0.15) is 23.4 Å². The van der Waals surface area contributed by atoms with E-state index in [4.69, 9.17) is 16.9 Å². The largest absolute Gasteiger partial charge is 0.328 e. The first kappa shape index (κ1) is 13.3. The van der Waals surface area contributed by atoms with E-state index in [1.807, 2.05) is 37.1 Å². The SMILES string of the molecule is CCc1c(Cl)ncnc1N(C)c1ccccc1C#N. The highest BCUT2D eigenvalue weighted by Crippen LogP contribution is 2.30. The zero-order valence-corrected chi connectivity index (χ0v) is 11.5. The lowest BCUT2D eigenvalue weighted by Gasteiger charge is -2.22. The summed E-state index contributed by atoms with van der Waals surface area (Å²) < 4.78 is 0. The molecule has 1 aromatic heterocycles. The first-order valence-electron chi connectivity index (χ1n) is 5.91. The Kier molecular flexibility index (Phi) is 3.98. The zero-order valence-electron chi connectivity index (χ0n) is 10.8. The summed E-state index contributed by atoms with van der Waals surface area (Å²) in [7, 11) is 1.87. The van der Waals surface area contributed by atoms with E-state index in [9.17, 15) is 0 Å². The van der Waals surface area contributed by atoms with E-state index in [-0.39, 0.29) is 0 Å². The third-order valence-corrected chi connectivity index (χ3v) is 3.25. The van der Waals surface area contributed by atoms with Gasteiger partial charge in [-0.1, -0.05) is 30.7 Å². The first-order chi connectivity index (χ1) is 9.19. The van der Waals surface area contributed by atoms with E-state index in [0.717, 1.165) is 23.5 Å². The Morgan fingerprint density at radius 1 is 1.32 bits per heavy atom. The molecule has 0 radical (unpaired) electrons. The third kappa shape index (κ3) is 2.51. The molecule has 0 aliphatic carbocycles. The van der Waals surface area contributed by atoms with Crippen molar-refractivity contribution in [3.05, 3.63) is 46.9 Å². The summed E-state index contributed by atoms with van der Waals surface area (Å²) in [6, 6.07) is 9.57. The van der Waals surface area contributed by atoms with Gasteiger partial charge in [-0.15, -0.1) is 0 Å². The maximum atomic E-state index is 9.16. The first-order valence-corrected chi connectivity index (χ1v) is 6.29. The summed E-state index contributed by atoms with van der Waals surface area (Å²) in [5.74, 6) is 0.727.